The van der Waals surface area contributed by atoms with Crippen LogP contribution in [0.25, 0.3) is 0 Å². The van der Waals surface area contributed by atoms with Gasteiger partial charge in [-0.2, -0.15) is 0 Å². The number of rotatable bonds is 37. The van der Waals surface area contributed by atoms with Gasteiger partial charge in [0, 0.05) is 44.4 Å². The van der Waals surface area contributed by atoms with Gasteiger partial charge in [-0.25, -0.2) is 4.98 Å². The summed E-state index contributed by atoms with van der Waals surface area (Å²) in [5.41, 5.74) is 0. The third kappa shape index (κ3) is 26.0. The summed E-state index contributed by atoms with van der Waals surface area (Å²) in [4.78, 5) is 31.7. The van der Waals surface area contributed by atoms with Crippen LogP contribution in [0.15, 0.2) is 12.4 Å². The first-order chi connectivity index (χ1) is 26.1. The maximum absolute atomic E-state index is 12.5. The average molecular weight is 764 g/mol. The van der Waals surface area contributed by atoms with E-state index in [-0.39, 0.29) is 30.2 Å². The van der Waals surface area contributed by atoms with Gasteiger partial charge in [-0.15, -0.1) is 0 Å². The molecule has 9 heteroatoms. The third-order valence-electron chi connectivity index (χ3n) is 10.7. The first-order valence-corrected chi connectivity index (χ1v) is 22.6. The summed E-state index contributed by atoms with van der Waals surface area (Å²) in [7, 11) is 0. The monoisotopic (exact) mass is 764 g/mol. The molecule has 0 bridgehead atoms. The standard InChI is InChI=1S/C45H85N3O6/c1-7-11-13-15-17-23-29-41(9-3)53-44(51)31-25-19-21-27-39(49)35-47(37-43-46-33-34-48(43)38(5)6)36-40(50)28-22-20-26-32-45(52)54-42(10-4)30-24-18-16-14-12-8-2/h33-34,38-42,49-50H,7-32,35-37H2,1-6H3. The number of carbonyl (C=O) groups excluding carboxylic acids is 2. The van der Waals surface area contributed by atoms with Crippen LogP contribution in [0.3, 0.4) is 0 Å². The molecule has 1 heterocycles. The van der Waals surface area contributed by atoms with Crippen LogP contribution in [0.5, 0.6) is 0 Å². The number of esters is 2. The molecule has 1 aromatic heterocycles. The number of carbonyl (C=O) groups is 2. The van der Waals surface area contributed by atoms with Crippen molar-refractivity contribution < 1.29 is 29.3 Å². The van der Waals surface area contributed by atoms with Gasteiger partial charge < -0.3 is 24.3 Å². The Bertz CT molecular complexity index is 977. The van der Waals surface area contributed by atoms with E-state index in [0.717, 1.165) is 82.9 Å². The minimum Gasteiger partial charge on any atom is -0.462 e. The maximum atomic E-state index is 12.5. The number of aliphatic hydroxyl groups is 2. The molecule has 54 heavy (non-hydrogen) atoms. The molecule has 2 N–H and O–H groups in total. The molecular weight excluding hydrogens is 679 g/mol. The van der Waals surface area contributed by atoms with Gasteiger partial charge in [0.2, 0.25) is 0 Å². The van der Waals surface area contributed by atoms with Crippen LogP contribution in [-0.4, -0.2) is 74.1 Å². The Labute approximate surface area is 331 Å². The zero-order chi connectivity index (χ0) is 39.8. The summed E-state index contributed by atoms with van der Waals surface area (Å²) in [6.07, 6.45) is 28.4. The van der Waals surface area contributed by atoms with Gasteiger partial charge in [-0.3, -0.25) is 14.5 Å². The number of aromatic nitrogens is 2. The fourth-order valence-corrected chi connectivity index (χ4v) is 7.26. The van der Waals surface area contributed by atoms with Gasteiger partial charge in [0.15, 0.2) is 0 Å². The first-order valence-electron chi connectivity index (χ1n) is 22.6. The molecule has 316 valence electrons. The van der Waals surface area contributed by atoms with Crippen molar-refractivity contribution in [2.75, 3.05) is 13.1 Å². The highest BCUT2D eigenvalue weighted by Gasteiger charge is 2.20. The Morgan fingerprint density at radius 2 is 1.04 bits per heavy atom. The third-order valence-corrected chi connectivity index (χ3v) is 10.7. The van der Waals surface area contributed by atoms with Crippen LogP contribution in [-0.2, 0) is 25.6 Å². The lowest BCUT2D eigenvalue weighted by Gasteiger charge is -2.28. The van der Waals surface area contributed by atoms with Crippen molar-refractivity contribution in [2.24, 2.45) is 0 Å². The number of unbranched alkanes of at least 4 members (excludes halogenated alkanes) is 14. The molecule has 9 nitrogen and oxygen atoms in total. The van der Waals surface area contributed by atoms with Crippen molar-refractivity contribution in [3.63, 3.8) is 0 Å². The predicted octanol–water partition coefficient (Wildman–Crippen LogP) is 11.0. The van der Waals surface area contributed by atoms with Crippen molar-refractivity contribution in [1.29, 1.82) is 0 Å². The van der Waals surface area contributed by atoms with Crippen LogP contribution in [0.2, 0.25) is 0 Å². The van der Waals surface area contributed by atoms with E-state index < -0.39 is 12.2 Å². The summed E-state index contributed by atoms with van der Waals surface area (Å²) < 4.78 is 13.7. The number of imidazole rings is 1. The highest BCUT2D eigenvalue weighted by Crippen LogP contribution is 2.18. The van der Waals surface area contributed by atoms with E-state index in [4.69, 9.17) is 9.47 Å². The van der Waals surface area contributed by atoms with E-state index in [1.807, 2.05) is 12.4 Å². The molecule has 1 aromatic rings. The molecule has 0 amide bonds. The molecule has 0 radical (unpaired) electrons. The van der Waals surface area contributed by atoms with E-state index >= 15 is 0 Å². The van der Waals surface area contributed by atoms with Gasteiger partial charge in [0.1, 0.15) is 18.0 Å². The maximum Gasteiger partial charge on any atom is 0.306 e. The van der Waals surface area contributed by atoms with E-state index in [2.05, 4.69) is 56.0 Å². The molecule has 0 aromatic carbocycles. The number of ether oxygens (including phenoxy) is 2. The SMILES string of the molecule is CCCCCCCCC(CC)OC(=O)CCCCCC(O)CN(Cc1nccn1C(C)C)CC(O)CCCCCC(=O)OC(CC)CCCCCCCC. The van der Waals surface area contributed by atoms with Crippen LogP contribution >= 0.6 is 0 Å². The summed E-state index contributed by atoms with van der Waals surface area (Å²) in [5, 5.41) is 22.1. The number of hydrogen-bond acceptors (Lipinski definition) is 8. The summed E-state index contributed by atoms with van der Waals surface area (Å²) in [6, 6.07) is 0.267. The lowest BCUT2D eigenvalue weighted by molar-refractivity contribution is -0.150. The van der Waals surface area contributed by atoms with Gasteiger partial charge in [-0.1, -0.05) is 118 Å². The minimum absolute atomic E-state index is 0.0278. The zero-order valence-corrected chi connectivity index (χ0v) is 35.9. The van der Waals surface area contributed by atoms with E-state index in [9.17, 15) is 19.8 Å². The summed E-state index contributed by atoms with van der Waals surface area (Å²) >= 11 is 0. The van der Waals surface area contributed by atoms with E-state index in [1.54, 1.807) is 0 Å². The Balaban J connectivity index is 2.43. The lowest BCUT2D eigenvalue weighted by atomic mass is 10.1. The highest BCUT2D eigenvalue weighted by molar-refractivity contribution is 5.69. The van der Waals surface area contributed by atoms with Crippen LogP contribution < -0.4 is 0 Å². The Kier molecular flexibility index (Phi) is 30.8. The summed E-state index contributed by atoms with van der Waals surface area (Å²) in [5.74, 6) is 0.723. The van der Waals surface area contributed by atoms with Gasteiger partial charge >= 0.3 is 11.9 Å². The molecule has 0 aliphatic heterocycles. The van der Waals surface area contributed by atoms with Gasteiger partial charge in [0.25, 0.3) is 0 Å². The molecule has 0 fully saturated rings. The number of aliphatic hydroxyl groups excluding tert-OH is 2. The van der Waals surface area contributed by atoms with Crippen molar-refractivity contribution in [1.82, 2.24) is 14.5 Å². The Morgan fingerprint density at radius 3 is 1.46 bits per heavy atom. The van der Waals surface area contributed by atoms with E-state index in [1.165, 1.54) is 64.2 Å². The quantitative estimate of drug-likeness (QED) is 0.0508. The van der Waals surface area contributed by atoms with Crippen LogP contribution in [0.1, 0.15) is 220 Å². The highest BCUT2D eigenvalue weighted by atomic mass is 16.5. The molecule has 4 unspecified atom stereocenters. The molecule has 0 saturated heterocycles. The fourth-order valence-electron chi connectivity index (χ4n) is 7.26. The van der Waals surface area contributed by atoms with Crippen molar-refractivity contribution in [3.8, 4) is 0 Å². The summed E-state index contributed by atoms with van der Waals surface area (Å²) in [6.45, 7) is 14.3. The van der Waals surface area contributed by atoms with Crippen molar-refractivity contribution in [2.45, 2.75) is 245 Å². The van der Waals surface area contributed by atoms with Crippen LogP contribution in [0, 0.1) is 0 Å². The average Bonchev–Trinajstić information content (AvgIpc) is 3.61. The molecule has 0 aliphatic rings. The van der Waals surface area contributed by atoms with Crippen molar-refractivity contribution in [3.05, 3.63) is 18.2 Å². The normalized spacial score (nSPS) is 14.0. The molecule has 0 aliphatic carbocycles. The first kappa shape index (κ1) is 50.0. The Morgan fingerprint density at radius 1 is 0.630 bits per heavy atom. The molecule has 4 atom stereocenters. The fraction of sp³-hybridized carbons (Fsp3) is 0.889. The largest absolute Gasteiger partial charge is 0.462 e. The molecular formula is C45H85N3O6. The number of nitrogens with zero attached hydrogens (tertiary/aromatic N) is 3. The van der Waals surface area contributed by atoms with Crippen molar-refractivity contribution >= 4 is 11.9 Å². The van der Waals surface area contributed by atoms with E-state index in [0.29, 0.717) is 45.3 Å². The second kappa shape index (κ2) is 33.2. The van der Waals surface area contributed by atoms with Gasteiger partial charge in [0.05, 0.1) is 18.8 Å². The number of hydrogen-bond donors (Lipinski definition) is 2. The Hall–Kier alpha value is -1.97. The molecule has 0 saturated carbocycles. The lowest BCUT2D eigenvalue weighted by Crippen LogP contribution is -2.38. The molecule has 0 spiro atoms. The zero-order valence-electron chi connectivity index (χ0n) is 35.9. The predicted molar refractivity (Wildman–Crippen MR) is 222 cm³/mol. The second-order valence-corrected chi connectivity index (χ2v) is 16.2. The molecule has 1 rings (SSSR count). The van der Waals surface area contributed by atoms with Gasteiger partial charge in [-0.05, 0) is 78.1 Å². The minimum atomic E-state index is -0.535. The van der Waals surface area contributed by atoms with Crippen LogP contribution in [0.4, 0.5) is 0 Å². The topological polar surface area (TPSA) is 114 Å². The second-order valence-electron chi connectivity index (χ2n) is 16.2. The smallest absolute Gasteiger partial charge is 0.306 e.